The van der Waals surface area contributed by atoms with Crippen LogP contribution >= 0.6 is 27.3 Å². The number of likely N-dealkylation sites (N-methyl/N-ethyl adjacent to an activating group) is 1. The molecule has 2 heterocycles. The Bertz CT molecular complexity index is 478. The van der Waals surface area contributed by atoms with Gasteiger partial charge in [-0.05, 0) is 40.7 Å². The van der Waals surface area contributed by atoms with Crippen LogP contribution in [0.1, 0.15) is 23.5 Å². The minimum absolute atomic E-state index is 0.353. The van der Waals surface area contributed by atoms with Crippen LogP contribution < -0.4 is 5.32 Å². The highest BCUT2D eigenvalue weighted by Crippen LogP contribution is 2.28. The molecule has 0 aliphatic heterocycles. The van der Waals surface area contributed by atoms with E-state index in [4.69, 9.17) is 0 Å². The first-order valence-corrected chi connectivity index (χ1v) is 7.27. The van der Waals surface area contributed by atoms with Crippen molar-refractivity contribution in [1.29, 1.82) is 0 Å². The van der Waals surface area contributed by atoms with E-state index < -0.39 is 0 Å². The topological polar surface area (TPSA) is 29.9 Å². The molecule has 0 radical (unpaired) electrons. The fourth-order valence-electron chi connectivity index (χ4n) is 1.82. The van der Waals surface area contributed by atoms with E-state index in [1.165, 1.54) is 8.66 Å². The number of halogens is 1. The lowest BCUT2D eigenvalue weighted by Gasteiger charge is -2.14. The average Bonchev–Trinajstić information content (AvgIpc) is 2.87. The fourth-order valence-corrected chi connectivity index (χ4v) is 3.32. The van der Waals surface area contributed by atoms with Crippen LogP contribution in [0.3, 0.4) is 0 Å². The van der Waals surface area contributed by atoms with Gasteiger partial charge < -0.3 is 5.32 Å². The van der Waals surface area contributed by atoms with Crippen molar-refractivity contribution in [2.75, 3.05) is 6.54 Å². The molecule has 0 fully saturated rings. The highest BCUT2D eigenvalue weighted by atomic mass is 79.9. The van der Waals surface area contributed by atoms with E-state index in [2.05, 4.69) is 51.5 Å². The molecule has 5 heteroatoms. The highest BCUT2D eigenvalue weighted by molar-refractivity contribution is 9.11. The fraction of sp³-hybridized carbons (Fsp3) is 0.417. The van der Waals surface area contributed by atoms with Crippen LogP contribution in [0.25, 0.3) is 0 Å². The van der Waals surface area contributed by atoms with Crippen molar-refractivity contribution >= 4 is 27.3 Å². The second-order valence-electron chi connectivity index (χ2n) is 3.94. The van der Waals surface area contributed by atoms with E-state index in [0.29, 0.717) is 6.04 Å². The van der Waals surface area contributed by atoms with Gasteiger partial charge in [-0.3, -0.25) is 4.68 Å². The molecule has 1 unspecified atom stereocenters. The van der Waals surface area contributed by atoms with Crippen molar-refractivity contribution in [2.24, 2.45) is 7.05 Å². The molecule has 1 atom stereocenters. The molecule has 2 aromatic rings. The summed E-state index contributed by atoms with van der Waals surface area (Å²) in [5.41, 5.74) is 1.13. The predicted octanol–water partition coefficient (Wildman–Crippen LogP) is 3.14. The molecule has 1 N–H and O–H groups in total. The van der Waals surface area contributed by atoms with Crippen LogP contribution in [0.2, 0.25) is 0 Å². The summed E-state index contributed by atoms with van der Waals surface area (Å²) in [5, 5.41) is 7.94. The zero-order valence-electron chi connectivity index (χ0n) is 9.98. The van der Waals surface area contributed by atoms with E-state index in [-0.39, 0.29) is 0 Å². The van der Waals surface area contributed by atoms with Crippen LogP contribution in [0.15, 0.2) is 28.2 Å². The van der Waals surface area contributed by atoms with Crippen molar-refractivity contribution in [3.63, 3.8) is 0 Å². The van der Waals surface area contributed by atoms with E-state index in [0.717, 1.165) is 18.7 Å². The van der Waals surface area contributed by atoms with Crippen molar-refractivity contribution in [3.05, 3.63) is 38.8 Å². The summed E-state index contributed by atoms with van der Waals surface area (Å²) in [6.07, 6.45) is 2.92. The monoisotopic (exact) mass is 313 g/mol. The summed E-state index contributed by atoms with van der Waals surface area (Å²) < 4.78 is 3.03. The molecule has 2 rings (SSSR count). The van der Waals surface area contributed by atoms with Gasteiger partial charge in [-0.2, -0.15) is 5.10 Å². The van der Waals surface area contributed by atoms with Gasteiger partial charge >= 0.3 is 0 Å². The SMILES string of the molecule is CCNC(Cc1ccn(C)n1)c1ccc(Br)s1. The summed E-state index contributed by atoms with van der Waals surface area (Å²) in [5.74, 6) is 0. The molecule has 2 aromatic heterocycles. The molecule has 0 aliphatic carbocycles. The number of nitrogens with zero attached hydrogens (tertiary/aromatic N) is 2. The maximum atomic E-state index is 4.43. The van der Waals surface area contributed by atoms with Gasteiger partial charge in [0, 0.05) is 30.6 Å². The molecular formula is C12H16BrN3S. The van der Waals surface area contributed by atoms with Crippen molar-refractivity contribution in [3.8, 4) is 0 Å². The molecule has 0 amide bonds. The number of nitrogens with one attached hydrogen (secondary N) is 1. The Kier molecular flexibility index (Phi) is 4.36. The van der Waals surface area contributed by atoms with Gasteiger partial charge in [0.25, 0.3) is 0 Å². The molecule has 17 heavy (non-hydrogen) atoms. The van der Waals surface area contributed by atoms with Gasteiger partial charge in [-0.15, -0.1) is 11.3 Å². The van der Waals surface area contributed by atoms with Crippen LogP contribution in [-0.2, 0) is 13.5 Å². The van der Waals surface area contributed by atoms with Crippen LogP contribution in [0.4, 0.5) is 0 Å². The molecule has 3 nitrogen and oxygen atoms in total. The Hall–Kier alpha value is -0.650. The molecular weight excluding hydrogens is 298 g/mol. The van der Waals surface area contributed by atoms with E-state index in [9.17, 15) is 0 Å². The first-order valence-electron chi connectivity index (χ1n) is 5.66. The lowest BCUT2D eigenvalue weighted by atomic mass is 10.1. The maximum absolute atomic E-state index is 4.43. The quantitative estimate of drug-likeness (QED) is 0.919. The largest absolute Gasteiger partial charge is 0.309 e. The molecule has 0 spiro atoms. The number of thiophene rings is 1. The minimum atomic E-state index is 0.353. The summed E-state index contributed by atoms with van der Waals surface area (Å²) in [4.78, 5) is 1.35. The van der Waals surface area contributed by atoms with Crippen LogP contribution in [0, 0.1) is 0 Å². The molecule has 0 saturated heterocycles. The van der Waals surface area contributed by atoms with Crippen LogP contribution in [0.5, 0.6) is 0 Å². The number of hydrogen-bond acceptors (Lipinski definition) is 3. The molecule has 0 aliphatic rings. The summed E-state index contributed by atoms with van der Waals surface area (Å²) in [6, 6.07) is 6.70. The minimum Gasteiger partial charge on any atom is -0.309 e. The number of aryl methyl sites for hydroxylation is 1. The zero-order valence-corrected chi connectivity index (χ0v) is 12.4. The predicted molar refractivity (Wildman–Crippen MR) is 75.3 cm³/mol. The van der Waals surface area contributed by atoms with Gasteiger partial charge in [-0.1, -0.05) is 6.92 Å². The number of rotatable bonds is 5. The van der Waals surface area contributed by atoms with Gasteiger partial charge in [0.2, 0.25) is 0 Å². The van der Waals surface area contributed by atoms with Gasteiger partial charge in [0.1, 0.15) is 0 Å². The Labute approximate surface area is 114 Å². The Morgan fingerprint density at radius 2 is 2.29 bits per heavy atom. The highest BCUT2D eigenvalue weighted by Gasteiger charge is 2.14. The van der Waals surface area contributed by atoms with E-state index >= 15 is 0 Å². The molecule has 0 saturated carbocycles. The van der Waals surface area contributed by atoms with Gasteiger partial charge in [-0.25, -0.2) is 0 Å². The van der Waals surface area contributed by atoms with Crippen molar-refractivity contribution < 1.29 is 0 Å². The first kappa shape index (κ1) is 12.8. The molecule has 92 valence electrons. The standard InChI is InChI=1S/C12H16BrN3S/c1-3-14-10(11-4-5-12(13)17-11)8-9-6-7-16(2)15-9/h4-7,10,14H,3,8H2,1-2H3. The second-order valence-corrected chi connectivity index (χ2v) is 6.43. The van der Waals surface area contributed by atoms with E-state index in [1.807, 2.05) is 17.9 Å². The smallest absolute Gasteiger partial charge is 0.0701 e. The van der Waals surface area contributed by atoms with Crippen molar-refractivity contribution in [2.45, 2.75) is 19.4 Å². The van der Waals surface area contributed by atoms with E-state index in [1.54, 1.807) is 11.3 Å². The zero-order chi connectivity index (χ0) is 12.3. The molecule has 0 aromatic carbocycles. The third-order valence-corrected chi connectivity index (χ3v) is 4.31. The first-order chi connectivity index (χ1) is 8.19. The lowest BCUT2D eigenvalue weighted by Crippen LogP contribution is -2.22. The Morgan fingerprint density at radius 3 is 2.82 bits per heavy atom. The normalized spacial score (nSPS) is 12.9. The number of aromatic nitrogens is 2. The molecule has 0 bridgehead atoms. The Morgan fingerprint density at radius 1 is 1.47 bits per heavy atom. The third-order valence-electron chi connectivity index (χ3n) is 2.57. The lowest BCUT2D eigenvalue weighted by molar-refractivity contribution is 0.547. The summed E-state index contributed by atoms with van der Waals surface area (Å²) >= 11 is 5.29. The van der Waals surface area contributed by atoms with Gasteiger partial charge in [0.05, 0.1) is 9.48 Å². The summed E-state index contributed by atoms with van der Waals surface area (Å²) in [7, 11) is 1.95. The second kappa shape index (κ2) is 5.80. The van der Waals surface area contributed by atoms with Crippen LogP contribution in [-0.4, -0.2) is 16.3 Å². The Balaban J connectivity index is 2.12. The average molecular weight is 314 g/mol. The summed E-state index contributed by atoms with van der Waals surface area (Å²) in [6.45, 7) is 3.10. The third kappa shape index (κ3) is 3.40. The van der Waals surface area contributed by atoms with Gasteiger partial charge in [0.15, 0.2) is 0 Å². The number of hydrogen-bond donors (Lipinski definition) is 1. The van der Waals surface area contributed by atoms with Crippen molar-refractivity contribution in [1.82, 2.24) is 15.1 Å². The maximum Gasteiger partial charge on any atom is 0.0701 e.